The Labute approximate surface area is 115 Å². The second kappa shape index (κ2) is 7.25. The van der Waals surface area contributed by atoms with Gasteiger partial charge in [0.2, 0.25) is 0 Å². The molecule has 1 aromatic rings. The standard InChI is InChI=1S/C13H17F3N2O2/c1-18(2)5-4-17-12(13(19)20-3)8-6-9(14)11(16)10(15)7-8/h6-7,12,17H,4-5H2,1-3H3. The molecule has 0 saturated carbocycles. The van der Waals surface area contributed by atoms with Gasteiger partial charge in [-0.05, 0) is 31.8 Å². The molecule has 1 atom stereocenters. The van der Waals surface area contributed by atoms with Crippen LogP contribution in [-0.4, -0.2) is 45.2 Å². The van der Waals surface area contributed by atoms with Crippen LogP contribution in [0.2, 0.25) is 0 Å². The topological polar surface area (TPSA) is 41.6 Å². The predicted molar refractivity (Wildman–Crippen MR) is 67.6 cm³/mol. The van der Waals surface area contributed by atoms with Gasteiger partial charge in [0.05, 0.1) is 7.11 Å². The van der Waals surface area contributed by atoms with Crippen LogP contribution in [0.25, 0.3) is 0 Å². The molecule has 0 bridgehead atoms. The smallest absolute Gasteiger partial charge is 0.327 e. The number of hydrogen-bond acceptors (Lipinski definition) is 4. The number of carbonyl (C=O) groups is 1. The van der Waals surface area contributed by atoms with Crippen molar-refractivity contribution in [3.63, 3.8) is 0 Å². The molecule has 0 radical (unpaired) electrons. The summed E-state index contributed by atoms with van der Waals surface area (Å²) >= 11 is 0. The van der Waals surface area contributed by atoms with Gasteiger partial charge in [-0.1, -0.05) is 0 Å². The lowest BCUT2D eigenvalue weighted by Crippen LogP contribution is -2.34. The zero-order chi connectivity index (χ0) is 15.3. The number of rotatable bonds is 6. The Kier molecular flexibility index (Phi) is 5.97. The summed E-state index contributed by atoms with van der Waals surface area (Å²) in [5.41, 5.74) is -0.0213. The van der Waals surface area contributed by atoms with Crippen LogP contribution in [-0.2, 0) is 9.53 Å². The second-order valence-corrected chi connectivity index (χ2v) is 4.51. The van der Waals surface area contributed by atoms with Crippen LogP contribution in [0, 0.1) is 17.5 Å². The molecule has 0 aromatic heterocycles. The highest BCUT2D eigenvalue weighted by molar-refractivity contribution is 5.77. The van der Waals surface area contributed by atoms with Gasteiger partial charge in [-0.25, -0.2) is 18.0 Å². The van der Waals surface area contributed by atoms with Crippen LogP contribution >= 0.6 is 0 Å². The lowest BCUT2D eigenvalue weighted by atomic mass is 10.1. The van der Waals surface area contributed by atoms with Crippen LogP contribution in [0.4, 0.5) is 13.2 Å². The fraction of sp³-hybridized carbons (Fsp3) is 0.462. The molecule has 1 N–H and O–H groups in total. The summed E-state index contributed by atoms with van der Waals surface area (Å²) in [5, 5.41) is 2.82. The molecular weight excluding hydrogens is 273 g/mol. The molecule has 0 spiro atoms. The molecule has 0 fully saturated rings. The molecule has 0 aliphatic heterocycles. The highest BCUT2D eigenvalue weighted by atomic mass is 19.2. The van der Waals surface area contributed by atoms with Gasteiger partial charge in [-0.3, -0.25) is 5.32 Å². The lowest BCUT2D eigenvalue weighted by Gasteiger charge is -2.18. The van der Waals surface area contributed by atoms with Crippen molar-refractivity contribution in [2.24, 2.45) is 0 Å². The minimum absolute atomic E-state index is 0.0213. The fourth-order valence-corrected chi connectivity index (χ4v) is 1.63. The van der Waals surface area contributed by atoms with Gasteiger partial charge in [0, 0.05) is 13.1 Å². The molecule has 0 amide bonds. The first kappa shape index (κ1) is 16.5. The number of hydrogen-bond donors (Lipinski definition) is 1. The van der Waals surface area contributed by atoms with Crippen LogP contribution in [0.15, 0.2) is 12.1 Å². The van der Waals surface area contributed by atoms with Crippen LogP contribution in [0.1, 0.15) is 11.6 Å². The molecule has 0 aliphatic carbocycles. The van der Waals surface area contributed by atoms with Crippen molar-refractivity contribution in [3.05, 3.63) is 35.1 Å². The highest BCUT2D eigenvalue weighted by Crippen LogP contribution is 2.20. The van der Waals surface area contributed by atoms with E-state index in [1.165, 1.54) is 7.11 Å². The van der Waals surface area contributed by atoms with E-state index in [1.54, 1.807) is 0 Å². The summed E-state index contributed by atoms with van der Waals surface area (Å²) in [6.45, 7) is 1.01. The molecule has 1 aromatic carbocycles. The normalized spacial score (nSPS) is 12.6. The number of esters is 1. The first-order chi connectivity index (χ1) is 9.36. The zero-order valence-electron chi connectivity index (χ0n) is 11.5. The number of halogens is 3. The maximum atomic E-state index is 13.2. The van der Waals surface area contributed by atoms with E-state index < -0.39 is 29.5 Å². The van der Waals surface area contributed by atoms with Crippen molar-refractivity contribution in [2.45, 2.75) is 6.04 Å². The van der Waals surface area contributed by atoms with E-state index in [0.717, 1.165) is 12.1 Å². The van der Waals surface area contributed by atoms with E-state index in [4.69, 9.17) is 0 Å². The minimum Gasteiger partial charge on any atom is -0.468 e. The monoisotopic (exact) mass is 290 g/mol. The highest BCUT2D eigenvalue weighted by Gasteiger charge is 2.24. The first-order valence-corrected chi connectivity index (χ1v) is 5.97. The first-order valence-electron chi connectivity index (χ1n) is 5.97. The Balaban J connectivity index is 2.96. The summed E-state index contributed by atoms with van der Waals surface area (Å²) in [5.74, 6) is -4.95. The maximum Gasteiger partial charge on any atom is 0.327 e. The Hall–Kier alpha value is -1.60. The molecule has 1 unspecified atom stereocenters. The van der Waals surface area contributed by atoms with E-state index in [1.807, 2.05) is 19.0 Å². The SMILES string of the molecule is COC(=O)C(NCCN(C)C)c1cc(F)c(F)c(F)c1. The molecule has 0 aliphatic rings. The third-order valence-electron chi connectivity index (χ3n) is 2.68. The fourth-order valence-electron chi connectivity index (χ4n) is 1.63. The van der Waals surface area contributed by atoms with E-state index in [-0.39, 0.29) is 5.56 Å². The van der Waals surface area contributed by atoms with Crippen molar-refractivity contribution in [3.8, 4) is 0 Å². The van der Waals surface area contributed by atoms with E-state index in [9.17, 15) is 18.0 Å². The van der Waals surface area contributed by atoms with Gasteiger partial charge < -0.3 is 9.64 Å². The number of nitrogens with zero attached hydrogens (tertiary/aromatic N) is 1. The van der Waals surface area contributed by atoms with Gasteiger partial charge in [0.1, 0.15) is 6.04 Å². The third-order valence-corrected chi connectivity index (χ3v) is 2.68. The molecular formula is C13H17F3N2O2. The van der Waals surface area contributed by atoms with Crippen molar-refractivity contribution < 1.29 is 22.7 Å². The summed E-state index contributed by atoms with van der Waals surface area (Å²) < 4.78 is 43.9. The van der Waals surface area contributed by atoms with Crippen molar-refractivity contribution in [2.75, 3.05) is 34.3 Å². The minimum atomic E-state index is -1.56. The molecule has 0 saturated heterocycles. The zero-order valence-corrected chi connectivity index (χ0v) is 11.5. The molecule has 1 rings (SSSR count). The summed E-state index contributed by atoms with van der Waals surface area (Å²) in [4.78, 5) is 13.5. The number of nitrogens with one attached hydrogen (secondary N) is 1. The van der Waals surface area contributed by atoms with Gasteiger partial charge in [0.25, 0.3) is 0 Å². The number of likely N-dealkylation sites (N-methyl/N-ethyl adjacent to an activating group) is 1. The van der Waals surface area contributed by atoms with Crippen molar-refractivity contribution >= 4 is 5.97 Å². The quantitative estimate of drug-likeness (QED) is 0.636. The summed E-state index contributed by atoms with van der Waals surface area (Å²) in [7, 11) is 4.84. The Morgan fingerprint density at radius 2 is 1.85 bits per heavy atom. The van der Waals surface area contributed by atoms with E-state index in [2.05, 4.69) is 10.1 Å². The van der Waals surface area contributed by atoms with Crippen LogP contribution < -0.4 is 5.32 Å². The summed E-state index contributed by atoms with van der Waals surface area (Å²) in [6.07, 6.45) is 0. The number of carbonyl (C=O) groups excluding carboxylic acids is 1. The van der Waals surface area contributed by atoms with Gasteiger partial charge in [0.15, 0.2) is 17.5 Å². The second-order valence-electron chi connectivity index (χ2n) is 4.51. The summed E-state index contributed by atoms with van der Waals surface area (Å²) in [6, 6.07) is 0.509. The Morgan fingerprint density at radius 3 is 2.30 bits per heavy atom. The van der Waals surface area contributed by atoms with Crippen LogP contribution in [0.3, 0.4) is 0 Å². The lowest BCUT2D eigenvalue weighted by molar-refractivity contribution is -0.143. The van der Waals surface area contributed by atoms with E-state index >= 15 is 0 Å². The average Bonchev–Trinajstić information content (AvgIpc) is 2.39. The van der Waals surface area contributed by atoms with Crippen molar-refractivity contribution in [1.82, 2.24) is 10.2 Å². The van der Waals surface area contributed by atoms with Gasteiger partial charge >= 0.3 is 5.97 Å². The van der Waals surface area contributed by atoms with Crippen LogP contribution in [0.5, 0.6) is 0 Å². The number of benzene rings is 1. The van der Waals surface area contributed by atoms with E-state index in [0.29, 0.717) is 13.1 Å². The van der Waals surface area contributed by atoms with Gasteiger partial charge in [-0.2, -0.15) is 0 Å². The molecule has 20 heavy (non-hydrogen) atoms. The number of methoxy groups -OCH3 is 1. The van der Waals surface area contributed by atoms with Gasteiger partial charge in [-0.15, -0.1) is 0 Å². The molecule has 7 heteroatoms. The molecule has 4 nitrogen and oxygen atoms in total. The number of ether oxygens (including phenoxy) is 1. The maximum absolute atomic E-state index is 13.2. The largest absolute Gasteiger partial charge is 0.468 e. The third kappa shape index (κ3) is 4.21. The Bertz CT molecular complexity index is 458. The average molecular weight is 290 g/mol. The molecule has 0 heterocycles. The predicted octanol–water partition coefficient (Wildman–Crippen LogP) is 1.47. The van der Waals surface area contributed by atoms with Crippen molar-refractivity contribution in [1.29, 1.82) is 0 Å². The molecule has 112 valence electrons. The Morgan fingerprint density at radius 1 is 1.30 bits per heavy atom.